The van der Waals surface area contributed by atoms with Crippen LogP contribution in [-0.4, -0.2) is 54.0 Å². The maximum absolute atomic E-state index is 11.8. The smallest absolute Gasteiger partial charge is 0.277 e. The molecular weight excluding hydrogens is 494 g/mol. The van der Waals surface area contributed by atoms with E-state index in [1.807, 2.05) is 24.3 Å². The molecule has 1 amide bonds. The first-order valence-electron chi connectivity index (χ1n) is 10.8. The lowest BCUT2D eigenvalue weighted by molar-refractivity contribution is -0.121. The van der Waals surface area contributed by atoms with Gasteiger partial charge in [0.05, 0.1) is 31.7 Å². The number of thioether (sulfide) groups is 1. The van der Waals surface area contributed by atoms with Gasteiger partial charge in [0.2, 0.25) is 11.8 Å². The molecule has 1 aromatic carbocycles. The zero-order valence-corrected chi connectivity index (χ0v) is 20.4. The van der Waals surface area contributed by atoms with Crippen molar-refractivity contribution in [2.45, 2.75) is 23.8 Å². The average molecular weight is 518 g/mol. The zero-order valence-electron chi connectivity index (χ0n) is 18.8. The molecule has 0 spiro atoms. The Hall–Kier alpha value is -3.31. The first-order valence-corrected chi connectivity index (χ1v) is 12.2. The standard InChI is InChI=1S/C22H24ClN7O4S/c23-17-5-3-16(4-6-17)21-28-29-22(34-21)35-15-18-7-8-19(14-26-18)33-11-1-2-20(31)25-9-12-32-13-10-27-30-24/h3-8,14H,1-2,9-13,15H2,(H,25,31). The van der Waals surface area contributed by atoms with E-state index < -0.39 is 0 Å². The molecule has 0 fully saturated rings. The predicted octanol–water partition coefficient (Wildman–Crippen LogP) is 4.68. The highest BCUT2D eigenvalue weighted by Gasteiger charge is 2.10. The van der Waals surface area contributed by atoms with Gasteiger partial charge in [-0.3, -0.25) is 9.78 Å². The summed E-state index contributed by atoms with van der Waals surface area (Å²) in [6.07, 6.45) is 2.58. The van der Waals surface area contributed by atoms with E-state index in [2.05, 4.69) is 30.5 Å². The van der Waals surface area contributed by atoms with Crippen LogP contribution in [0.5, 0.6) is 5.75 Å². The van der Waals surface area contributed by atoms with Crippen LogP contribution in [0.4, 0.5) is 0 Å². The Morgan fingerprint density at radius 1 is 1.17 bits per heavy atom. The third-order valence-electron chi connectivity index (χ3n) is 4.42. The van der Waals surface area contributed by atoms with Gasteiger partial charge < -0.3 is 19.2 Å². The number of hydrogen-bond donors (Lipinski definition) is 1. The molecule has 0 saturated carbocycles. The molecule has 0 atom stereocenters. The fraction of sp³-hybridized carbons (Fsp3) is 0.364. The number of nitrogens with zero attached hydrogens (tertiary/aromatic N) is 6. The van der Waals surface area contributed by atoms with Crippen LogP contribution in [-0.2, 0) is 15.3 Å². The summed E-state index contributed by atoms with van der Waals surface area (Å²) in [7, 11) is 0. The van der Waals surface area contributed by atoms with Crippen LogP contribution >= 0.6 is 23.4 Å². The Balaban J connectivity index is 1.29. The minimum absolute atomic E-state index is 0.0713. The van der Waals surface area contributed by atoms with Crippen molar-refractivity contribution in [1.82, 2.24) is 20.5 Å². The average Bonchev–Trinajstić information content (AvgIpc) is 3.35. The number of hydrogen-bond acceptors (Lipinski definition) is 9. The summed E-state index contributed by atoms with van der Waals surface area (Å²) in [6, 6.07) is 10.9. The van der Waals surface area contributed by atoms with E-state index in [1.54, 1.807) is 18.3 Å². The Morgan fingerprint density at radius 2 is 2.03 bits per heavy atom. The van der Waals surface area contributed by atoms with Crippen molar-refractivity contribution in [3.8, 4) is 17.2 Å². The number of pyridine rings is 1. The normalized spacial score (nSPS) is 10.5. The van der Waals surface area contributed by atoms with Crippen molar-refractivity contribution in [1.29, 1.82) is 0 Å². The largest absolute Gasteiger partial charge is 0.492 e. The second kappa shape index (κ2) is 14.8. The first-order chi connectivity index (χ1) is 17.1. The fourth-order valence-electron chi connectivity index (χ4n) is 2.72. The van der Waals surface area contributed by atoms with Crippen molar-refractivity contribution in [3.63, 3.8) is 0 Å². The number of halogens is 1. The highest BCUT2D eigenvalue weighted by atomic mass is 35.5. The number of aromatic nitrogens is 3. The van der Waals surface area contributed by atoms with Crippen LogP contribution in [0.2, 0.25) is 5.02 Å². The van der Waals surface area contributed by atoms with Gasteiger partial charge in [0.15, 0.2) is 0 Å². The lowest BCUT2D eigenvalue weighted by Gasteiger charge is -2.07. The van der Waals surface area contributed by atoms with Gasteiger partial charge in [-0.25, -0.2) is 0 Å². The topological polar surface area (TPSA) is 148 Å². The van der Waals surface area contributed by atoms with Crippen LogP contribution in [0.3, 0.4) is 0 Å². The lowest BCUT2D eigenvalue weighted by atomic mass is 10.2. The summed E-state index contributed by atoms with van der Waals surface area (Å²) in [5, 5.41) is 15.3. The fourth-order valence-corrected chi connectivity index (χ4v) is 3.53. The maximum atomic E-state index is 11.8. The highest BCUT2D eigenvalue weighted by molar-refractivity contribution is 7.98. The maximum Gasteiger partial charge on any atom is 0.277 e. The van der Waals surface area contributed by atoms with Crippen molar-refractivity contribution < 1.29 is 18.7 Å². The Bertz CT molecular complexity index is 1110. The molecule has 0 aliphatic rings. The zero-order chi connectivity index (χ0) is 24.7. The Kier molecular flexibility index (Phi) is 11.2. The molecule has 35 heavy (non-hydrogen) atoms. The molecule has 184 valence electrons. The van der Waals surface area contributed by atoms with Crippen LogP contribution in [0.1, 0.15) is 18.5 Å². The van der Waals surface area contributed by atoms with Crippen molar-refractivity contribution in [2.75, 3.05) is 32.9 Å². The number of benzene rings is 1. The third-order valence-corrected chi connectivity index (χ3v) is 5.53. The molecule has 0 saturated heterocycles. The number of amides is 1. The molecular formula is C22H24ClN7O4S. The summed E-state index contributed by atoms with van der Waals surface area (Å²) in [4.78, 5) is 18.8. The number of rotatable bonds is 15. The number of nitrogens with one attached hydrogen (secondary N) is 1. The van der Waals surface area contributed by atoms with Crippen LogP contribution in [0.25, 0.3) is 21.9 Å². The van der Waals surface area contributed by atoms with Gasteiger partial charge in [0, 0.05) is 40.8 Å². The first kappa shape index (κ1) is 26.3. The van der Waals surface area contributed by atoms with Gasteiger partial charge in [-0.05, 0) is 48.4 Å². The molecule has 0 aliphatic heterocycles. The van der Waals surface area contributed by atoms with Crippen molar-refractivity contribution in [2.24, 2.45) is 5.11 Å². The molecule has 0 unspecified atom stereocenters. The van der Waals surface area contributed by atoms with E-state index in [-0.39, 0.29) is 12.5 Å². The number of azide groups is 1. The van der Waals surface area contributed by atoms with Crippen molar-refractivity contribution >= 4 is 29.3 Å². The summed E-state index contributed by atoms with van der Waals surface area (Å²) in [6.45, 7) is 1.80. The van der Waals surface area contributed by atoms with Crippen molar-refractivity contribution in [3.05, 3.63) is 63.8 Å². The van der Waals surface area contributed by atoms with Crippen LogP contribution < -0.4 is 10.1 Å². The highest BCUT2D eigenvalue weighted by Crippen LogP contribution is 2.26. The molecule has 2 heterocycles. The third kappa shape index (κ3) is 9.83. The van der Waals surface area contributed by atoms with E-state index in [0.29, 0.717) is 66.8 Å². The van der Waals surface area contributed by atoms with Gasteiger partial charge >= 0.3 is 0 Å². The molecule has 3 rings (SSSR count). The minimum Gasteiger partial charge on any atom is -0.492 e. The van der Waals surface area contributed by atoms with E-state index in [9.17, 15) is 4.79 Å². The molecule has 1 N–H and O–H groups in total. The predicted molar refractivity (Wildman–Crippen MR) is 131 cm³/mol. The van der Waals surface area contributed by atoms with E-state index in [0.717, 1.165) is 11.3 Å². The second-order valence-corrected chi connectivity index (χ2v) is 8.39. The molecule has 0 bridgehead atoms. The van der Waals surface area contributed by atoms with Gasteiger partial charge in [-0.1, -0.05) is 28.5 Å². The summed E-state index contributed by atoms with van der Waals surface area (Å²) < 4.78 is 16.5. The van der Waals surface area contributed by atoms with Gasteiger partial charge in [-0.15, -0.1) is 10.2 Å². The van der Waals surface area contributed by atoms with Crippen LogP contribution in [0, 0.1) is 0 Å². The quantitative estimate of drug-likeness (QED) is 0.100. The molecule has 2 aromatic heterocycles. The number of carbonyl (C=O) groups is 1. The summed E-state index contributed by atoms with van der Waals surface area (Å²) >= 11 is 7.29. The number of ether oxygens (including phenoxy) is 2. The molecule has 0 aliphatic carbocycles. The van der Waals surface area contributed by atoms with Gasteiger partial charge in [-0.2, -0.15) is 0 Å². The summed E-state index contributed by atoms with van der Waals surface area (Å²) in [5.41, 5.74) is 9.80. The monoisotopic (exact) mass is 517 g/mol. The van der Waals surface area contributed by atoms with E-state index in [4.69, 9.17) is 31.0 Å². The summed E-state index contributed by atoms with van der Waals surface area (Å²) in [5.74, 6) is 1.57. The Labute approximate surface area is 211 Å². The van der Waals surface area contributed by atoms with Gasteiger partial charge in [0.25, 0.3) is 5.22 Å². The minimum atomic E-state index is -0.0713. The Morgan fingerprint density at radius 3 is 2.80 bits per heavy atom. The van der Waals surface area contributed by atoms with Gasteiger partial charge in [0.1, 0.15) is 5.75 Å². The molecule has 3 aromatic rings. The SMILES string of the molecule is [N-]=[N+]=NCCOCCNC(=O)CCCOc1ccc(CSc2nnc(-c3ccc(Cl)cc3)o2)nc1. The molecule has 13 heteroatoms. The second-order valence-electron chi connectivity index (χ2n) is 7.02. The molecule has 0 radical (unpaired) electrons. The lowest BCUT2D eigenvalue weighted by Crippen LogP contribution is -2.27. The number of carbonyl (C=O) groups excluding carboxylic acids is 1. The molecule has 11 nitrogen and oxygen atoms in total. The van der Waals surface area contributed by atoms with Crippen LogP contribution in [0.15, 0.2) is 57.3 Å². The van der Waals surface area contributed by atoms with E-state index in [1.165, 1.54) is 11.8 Å². The van der Waals surface area contributed by atoms with E-state index >= 15 is 0 Å².